The minimum absolute atomic E-state index is 0.0521. The van der Waals surface area contributed by atoms with E-state index in [1.807, 2.05) is 24.3 Å². The molecule has 1 spiro atoms. The Morgan fingerprint density at radius 3 is 2.64 bits per heavy atom. The summed E-state index contributed by atoms with van der Waals surface area (Å²) in [6.07, 6.45) is 0.901. The lowest BCUT2D eigenvalue weighted by Gasteiger charge is -2.48. The molecule has 14 heteroatoms. The van der Waals surface area contributed by atoms with Crippen LogP contribution in [0.4, 0.5) is 0 Å². The monoisotopic (exact) mass is 762 g/mol. The quantitative estimate of drug-likeness (QED) is 0.212. The third-order valence-corrected chi connectivity index (χ3v) is 14.1. The maximum absolute atomic E-state index is 15.1. The molecule has 8 unspecified atom stereocenters. The summed E-state index contributed by atoms with van der Waals surface area (Å²) in [5.41, 5.74) is 0.368. The summed E-state index contributed by atoms with van der Waals surface area (Å²) < 4.78 is 12.0. The normalized spacial score (nSPS) is 33.9. The van der Waals surface area contributed by atoms with E-state index in [1.165, 1.54) is 33.7 Å². The van der Waals surface area contributed by atoms with Crippen molar-refractivity contribution in [2.45, 2.75) is 74.3 Å². The molecule has 1 saturated heterocycles. The van der Waals surface area contributed by atoms with Crippen molar-refractivity contribution in [1.29, 1.82) is 0 Å². The van der Waals surface area contributed by atoms with E-state index in [-0.39, 0.29) is 46.8 Å². The summed E-state index contributed by atoms with van der Waals surface area (Å²) in [5.74, 6) is -1.44. The molecular weight excluding hydrogens is 721 g/mol. The molecule has 2 aromatic carbocycles. The Kier molecular flexibility index (Phi) is 9.77. The van der Waals surface area contributed by atoms with Crippen LogP contribution in [0.15, 0.2) is 89.0 Å². The average Bonchev–Trinajstić information content (AvgIpc) is 3.16. The third-order valence-electron chi connectivity index (χ3n) is 11.4. The zero-order valence-corrected chi connectivity index (χ0v) is 30.4. The lowest BCUT2D eigenvalue weighted by Crippen LogP contribution is -2.68. The van der Waals surface area contributed by atoms with E-state index >= 15 is 4.79 Å². The van der Waals surface area contributed by atoms with E-state index in [9.17, 15) is 35.4 Å². The van der Waals surface area contributed by atoms with Gasteiger partial charge in [-0.3, -0.25) is 9.59 Å². The van der Waals surface area contributed by atoms with Crippen molar-refractivity contribution in [3.05, 3.63) is 111 Å². The second kappa shape index (κ2) is 14.2. The molecule has 8 N–H and O–H groups in total. The van der Waals surface area contributed by atoms with Crippen molar-refractivity contribution in [3.63, 3.8) is 0 Å². The number of nitrogens with one attached hydrogen (secondary N) is 2. The van der Waals surface area contributed by atoms with E-state index in [0.29, 0.717) is 31.4 Å². The molecule has 0 aromatic heterocycles. The molecule has 0 radical (unpaired) electrons. The maximum Gasteiger partial charge on any atom is 0.229 e. The molecule has 0 amide bonds. The van der Waals surface area contributed by atoms with Gasteiger partial charge in [0.15, 0.2) is 11.6 Å². The first-order valence-electron chi connectivity index (χ1n) is 17.8. The van der Waals surface area contributed by atoms with Crippen LogP contribution in [-0.2, 0) is 17.8 Å². The first-order chi connectivity index (χ1) is 25.6. The number of ether oxygens (including phenoxy) is 2. The maximum atomic E-state index is 15.1. The highest BCUT2D eigenvalue weighted by Crippen LogP contribution is 2.54. The van der Waals surface area contributed by atoms with Gasteiger partial charge in [-0.2, -0.15) is 0 Å². The van der Waals surface area contributed by atoms with Crippen LogP contribution < -0.4 is 15.4 Å². The predicted molar refractivity (Wildman–Crippen MR) is 198 cm³/mol. The van der Waals surface area contributed by atoms with Gasteiger partial charge in [-0.25, -0.2) is 0 Å². The summed E-state index contributed by atoms with van der Waals surface area (Å²) in [6.45, 7) is -0.291. The summed E-state index contributed by atoms with van der Waals surface area (Å²) >= 11 is 0. The lowest BCUT2D eigenvalue weighted by molar-refractivity contribution is -0.315. The molecule has 7 aliphatic rings. The molecule has 8 bridgehead atoms. The van der Waals surface area contributed by atoms with Crippen LogP contribution in [0, 0.1) is 11.3 Å². The van der Waals surface area contributed by atoms with Crippen molar-refractivity contribution in [1.82, 2.24) is 10.6 Å². The SMILES string of the molecule is O=C1c2cccc3c2C(=O)C2(CSSC4CCC5=C(NCC=C5CCC5(O)C(O)C(CO)OC(O3)C5O)N4)C(O)=CC(Cc3cccc(CO)c3)=CC12. The number of Topliss-reactive ketones (excluding diaryl/α,β-unsaturated/α-hetero) is 2. The largest absolute Gasteiger partial charge is 0.511 e. The van der Waals surface area contributed by atoms with Gasteiger partial charge >= 0.3 is 0 Å². The molecule has 9 rings (SSSR count). The van der Waals surface area contributed by atoms with Crippen LogP contribution in [0.5, 0.6) is 5.75 Å². The van der Waals surface area contributed by atoms with Crippen molar-refractivity contribution in [2.24, 2.45) is 11.3 Å². The molecule has 2 aliphatic carbocycles. The highest BCUT2D eigenvalue weighted by atomic mass is 33.1. The van der Waals surface area contributed by atoms with Crippen molar-refractivity contribution < 1.29 is 49.7 Å². The third kappa shape index (κ3) is 6.13. The van der Waals surface area contributed by atoms with Crippen molar-refractivity contribution in [3.8, 4) is 5.75 Å². The number of hydrogen-bond acceptors (Lipinski definition) is 14. The Hall–Kier alpha value is -3.60. The molecule has 280 valence electrons. The Morgan fingerprint density at radius 1 is 1.02 bits per heavy atom. The number of allylic oxidation sites excluding steroid dienone is 6. The Balaban J connectivity index is 1.23. The molecule has 5 heterocycles. The van der Waals surface area contributed by atoms with Crippen LogP contribution in [0.2, 0.25) is 0 Å². The zero-order chi connectivity index (χ0) is 37.1. The molecule has 2 aromatic rings. The van der Waals surface area contributed by atoms with Crippen LogP contribution >= 0.6 is 21.6 Å². The van der Waals surface area contributed by atoms with E-state index in [0.717, 1.165) is 34.5 Å². The van der Waals surface area contributed by atoms with Crippen LogP contribution in [0.1, 0.15) is 57.5 Å². The molecule has 1 fully saturated rings. The van der Waals surface area contributed by atoms with Crippen molar-refractivity contribution >= 4 is 33.2 Å². The van der Waals surface area contributed by atoms with Crippen LogP contribution in [0.25, 0.3) is 0 Å². The number of benzene rings is 2. The molecule has 5 aliphatic heterocycles. The van der Waals surface area contributed by atoms with Gasteiger partial charge in [0.1, 0.15) is 46.7 Å². The number of aliphatic hydroxyl groups is 6. The summed E-state index contributed by atoms with van der Waals surface area (Å²) in [5, 5.41) is 73.6. The standard InChI is InChI=1S/C39H42N2O10S2/c42-17-21-4-1-3-20(13-21)14-22-15-26-32(45)25-5-2-6-27-31(25)34(47)38(26,29(44)16-22)19-52-53-30-8-7-24-23(10-12-40-36(24)41-30)9-11-39(49)33(46)28(18-43)51-37(50-27)35(39)48/h1-6,10,13,15-16,26,28,30,33,35,37,40-44,46,48-49H,7-9,11-12,14,17-19H2. The van der Waals surface area contributed by atoms with Gasteiger partial charge in [-0.1, -0.05) is 70.1 Å². The van der Waals surface area contributed by atoms with E-state index in [2.05, 4.69) is 10.6 Å². The number of ketones is 2. The van der Waals surface area contributed by atoms with Gasteiger partial charge in [0.25, 0.3) is 0 Å². The summed E-state index contributed by atoms with van der Waals surface area (Å²) in [7, 11) is 2.93. The van der Waals surface area contributed by atoms with Crippen LogP contribution in [0.3, 0.4) is 0 Å². The summed E-state index contributed by atoms with van der Waals surface area (Å²) in [6, 6.07) is 11.9. The van der Waals surface area contributed by atoms with E-state index in [4.69, 9.17) is 9.47 Å². The fraction of sp³-hybridized carbons (Fsp3) is 0.436. The smallest absolute Gasteiger partial charge is 0.229 e. The Morgan fingerprint density at radius 2 is 1.83 bits per heavy atom. The second-order valence-corrected chi connectivity index (χ2v) is 17.0. The molecular formula is C39H42N2O10S2. The molecule has 53 heavy (non-hydrogen) atoms. The molecule has 0 saturated carbocycles. The second-order valence-electron chi connectivity index (χ2n) is 14.5. The number of fused-ring (bicyclic) bond motifs is 4. The molecule has 12 nitrogen and oxygen atoms in total. The molecule has 8 atom stereocenters. The first-order valence-corrected chi connectivity index (χ1v) is 20.2. The van der Waals surface area contributed by atoms with Gasteiger partial charge in [0, 0.05) is 17.9 Å². The lowest BCUT2D eigenvalue weighted by atomic mass is 9.60. The van der Waals surface area contributed by atoms with E-state index < -0.39 is 59.7 Å². The van der Waals surface area contributed by atoms with Gasteiger partial charge < -0.3 is 50.7 Å². The summed E-state index contributed by atoms with van der Waals surface area (Å²) in [4.78, 5) is 29.7. The van der Waals surface area contributed by atoms with Gasteiger partial charge in [-0.05, 0) is 72.1 Å². The average molecular weight is 763 g/mol. The minimum atomic E-state index is -2.17. The predicted octanol–water partition coefficient (Wildman–Crippen LogP) is 2.96. The number of carbonyl (C=O) groups is 2. The number of carbonyl (C=O) groups excluding carboxylic acids is 2. The highest BCUT2D eigenvalue weighted by Gasteiger charge is 2.59. The Labute approximate surface area is 314 Å². The van der Waals surface area contributed by atoms with Gasteiger partial charge in [0.05, 0.1) is 30.1 Å². The number of rotatable bonds is 4. The zero-order valence-electron chi connectivity index (χ0n) is 28.7. The first kappa shape index (κ1) is 36.4. The number of aliphatic hydroxyl groups excluding tert-OH is 5. The minimum Gasteiger partial charge on any atom is -0.511 e. The number of hydrogen-bond donors (Lipinski definition) is 8. The number of dihydropyridines is 1. The van der Waals surface area contributed by atoms with Gasteiger partial charge in [-0.15, -0.1) is 0 Å². The van der Waals surface area contributed by atoms with Crippen molar-refractivity contribution in [2.75, 3.05) is 18.9 Å². The fourth-order valence-electron chi connectivity index (χ4n) is 8.48. The highest BCUT2D eigenvalue weighted by molar-refractivity contribution is 8.76. The fourth-order valence-corrected chi connectivity index (χ4v) is 11.4. The Bertz CT molecular complexity index is 1960. The van der Waals surface area contributed by atoms with Gasteiger partial charge in [0.2, 0.25) is 6.29 Å². The topological polar surface area (TPSA) is 198 Å². The van der Waals surface area contributed by atoms with Crippen LogP contribution in [-0.4, -0.2) is 96.7 Å². The van der Waals surface area contributed by atoms with E-state index in [1.54, 1.807) is 24.3 Å².